The van der Waals surface area contributed by atoms with Crippen LogP contribution >= 0.6 is 0 Å². The van der Waals surface area contributed by atoms with E-state index in [0.717, 1.165) is 17.1 Å². The van der Waals surface area contributed by atoms with Gasteiger partial charge in [-0.15, -0.1) is 0 Å². The van der Waals surface area contributed by atoms with Crippen LogP contribution < -0.4 is 9.47 Å². The average molecular weight is 259 g/mol. The van der Waals surface area contributed by atoms with E-state index in [-0.39, 0.29) is 11.8 Å². The van der Waals surface area contributed by atoms with Crippen LogP contribution in [0.15, 0.2) is 30.4 Å². The van der Waals surface area contributed by atoms with Crippen LogP contribution in [0.4, 0.5) is 0 Å². The third-order valence-corrected chi connectivity index (χ3v) is 3.13. The van der Waals surface area contributed by atoms with Gasteiger partial charge >= 0.3 is 0 Å². The van der Waals surface area contributed by atoms with E-state index in [0.29, 0.717) is 26.2 Å². The minimum atomic E-state index is -0.248. The molecule has 5 nitrogen and oxygen atoms in total. The summed E-state index contributed by atoms with van der Waals surface area (Å²) in [6, 6.07) is 5.68. The number of benzene rings is 1. The molecule has 3 rings (SSSR count). The molecule has 5 heteroatoms. The average Bonchev–Trinajstić information content (AvgIpc) is 2.76. The lowest BCUT2D eigenvalue weighted by molar-refractivity contribution is -0.136. The van der Waals surface area contributed by atoms with Crippen LogP contribution in [0.25, 0.3) is 0 Å². The van der Waals surface area contributed by atoms with E-state index < -0.39 is 0 Å². The summed E-state index contributed by atoms with van der Waals surface area (Å²) in [5.74, 6) is 0.969. The highest BCUT2D eigenvalue weighted by Crippen LogP contribution is 2.30. The molecule has 0 N–H and O–H groups in total. The Hall–Kier alpha value is -2.30. The fourth-order valence-electron chi connectivity index (χ4n) is 2.14. The molecule has 98 valence electrons. The molecule has 2 aliphatic heterocycles. The van der Waals surface area contributed by atoms with E-state index in [1.165, 1.54) is 17.1 Å². The van der Waals surface area contributed by atoms with E-state index in [1.807, 2.05) is 18.2 Å². The van der Waals surface area contributed by atoms with Crippen molar-refractivity contribution >= 4 is 11.8 Å². The molecular weight excluding hydrogens is 246 g/mol. The number of hydrogen-bond donors (Lipinski definition) is 0. The summed E-state index contributed by atoms with van der Waals surface area (Å²) in [5, 5.41) is 0. The van der Waals surface area contributed by atoms with Crippen molar-refractivity contribution in [2.45, 2.75) is 6.42 Å². The zero-order valence-electron chi connectivity index (χ0n) is 10.3. The maximum Gasteiger partial charge on any atom is 0.253 e. The van der Waals surface area contributed by atoms with Gasteiger partial charge in [0.1, 0.15) is 13.2 Å². The standard InChI is InChI=1S/C14H13NO4/c16-13-3-4-14(17)15(13)6-5-10-1-2-11-12(9-10)19-8-7-18-11/h1-4,9H,5-8H2. The Bertz CT molecular complexity index is 547. The summed E-state index contributed by atoms with van der Waals surface area (Å²) in [5.41, 5.74) is 1.01. The first-order chi connectivity index (χ1) is 9.24. The number of fused-ring (bicyclic) bond motifs is 1. The van der Waals surface area contributed by atoms with Crippen LogP contribution in [-0.4, -0.2) is 36.5 Å². The fourth-order valence-corrected chi connectivity index (χ4v) is 2.14. The highest BCUT2D eigenvalue weighted by Gasteiger charge is 2.22. The maximum atomic E-state index is 11.4. The molecule has 19 heavy (non-hydrogen) atoms. The van der Waals surface area contributed by atoms with E-state index >= 15 is 0 Å². The molecule has 0 radical (unpaired) electrons. The number of nitrogens with zero attached hydrogens (tertiary/aromatic N) is 1. The quantitative estimate of drug-likeness (QED) is 0.758. The minimum absolute atomic E-state index is 0.248. The smallest absolute Gasteiger partial charge is 0.253 e. The topological polar surface area (TPSA) is 55.8 Å². The summed E-state index contributed by atoms with van der Waals surface area (Å²) in [7, 11) is 0. The zero-order chi connectivity index (χ0) is 13.2. The molecule has 0 aromatic heterocycles. The van der Waals surface area contributed by atoms with Crippen molar-refractivity contribution in [1.82, 2.24) is 4.90 Å². The van der Waals surface area contributed by atoms with Crippen LogP contribution in [0.5, 0.6) is 11.5 Å². The molecule has 0 aliphatic carbocycles. The molecule has 0 atom stereocenters. The lowest BCUT2D eigenvalue weighted by atomic mass is 10.1. The summed E-state index contributed by atoms with van der Waals surface area (Å²) in [6.07, 6.45) is 3.20. The Kier molecular flexibility index (Phi) is 2.95. The normalized spacial score (nSPS) is 17.2. The summed E-state index contributed by atoms with van der Waals surface area (Å²) < 4.78 is 10.9. The van der Waals surface area contributed by atoms with Gasteiger partial charge in [-0.1, -0.05) is 6.07 Å². The lowest BCUT2D eigenvalue weighted by Crippen LogP contribution is -2.31. The molecule has 0 unspecified atom stereocenters. The van der Waals surface area contributed by atoms with Gasteiger partial charge in [0.05, 0.1) is 0 Å². The van der Waals surface area contributed by atoms with Gasteiger partial charge in [0, 0.05) is 18.7 Å². The Morgan fingerprint density at radius 3 is 2.42 bits per heavy atom. The van der Waals surface area contributed by atoms with Crippen molar-refractivity contribution in [3.05, 3.63) is 35.9 Å². The van der Waals surface area contributed by atoms with Gasteiger partial charge in [0.25, 0.3) is 11.8 Å². The largest absolute Gasteiger partial charge is 0.486 e. The highest BCUT2D eigenvalue weighted by atomic mass is 16.6. The van der Waals surface area contributed by atoms with Crippen molar-refractivity contribution < 1.29 is 19.1 Å². The van der Waals surface area contributed by atoms with Gasteiger partial charge in [-0.2, -0.15) is 0 Å². The second kappa shape index (κ2) is 4.76. The van der Waals surface area contributed by atoms with Crippen LogP contribution in [0.3, 0.4) is 0 Å². The molecule has 1 aromatic carbocycles. The molecule has 0 fully saturated rings. The Morgan fingerprint density at radius 2 is 1.68 bits per heavy atom. The third kappa shape index (κ3) is 2.31. The second-order valence-electron chi connectivity index (χ2n) is 4.39. The number of rotatable bonds is 3. The SMILES string of the molecule is O=C1C=CC(=O)N1CCc1ccc2c(c1)OCCO2. The van der Waals surface area contributed by atoms with E-state index in [9.17, 15) is 9.59 Å². The number of amides is 2. The van der Waals surface area contributed by atoms with E-state index in [2.05, 4.69) is 0 Å². The van der Waals surface area contributed by atoms with Crippen LogP contribution in [0.1, 0.15) is 5.56 Å². The van der Waals surface area contributed by atoms with Crippen molar-refractivity contribution in [2.24, 2.45) is 0 Å². The third-order valence-electron chi connectivity index (χ3n) is 3.13. The fraction of sp³-hybridized carbons (Fsp3) is 0.286. The number of carbonyl (C=O) groups is 2. The molecule has 0 spiro atoms. The zero-order valence-corrected chi connectivity index (χ0v) is 10.3. The highest BCUT2D eigenvalue weighted by molar-refractivity contribution is 6.12. The Labute approximate surface area is 110 Å². The molecule has 0 bridgehead atoms. The molecular formula is C14H13NO4. The van der Waals surface area contributed by atoms with Gasteiger partial charge in [-0.05, 0) is 24.1 Å². The van der Waals surface area contributed by atoms with Crippen molar-refractivity contribution in [3.8, 4) is 11.5 Å². The summed E-state index contributed by atoms with van der Waals surface area (Å²) >= 11 is 0. The molecule has 1 aromatic rings. The number of carbonyl (C=O) groups excluding carboxylic acids is 2. The van der Waals surface area contributed by atoms with Crippen LogP contribution in [-0.2, 0) is 16.0 Å². The molecule has 2 heterocycles. The second-order valence-corrected chi connectivity index (χ2v) is 4.39. The van der Waals surface area contributed by atoms with Crippen LogP contribution in [0.2, 0.25) is 0 Å². The number of ether oxygens (including phenoxy) is 2. The van der Waals surface area contributed by atoms with Crippen molar-refractivity contribution in [3.63, 3.8) is 0 Å². The van der Waals surface area contributed by atoms with E-state index in [1.54, 1.807) is 0 Å². The Balaban J connectivity index is 1.67. The van der Waals surface area contributed by atoms with Gasteiger partial charge in [-0.3, -0.25) is 14.5 Å². The van der Waals surface area contributed by atoms with E-state index in [4.69, 9.17) is 9.47 Å². The van der Waals surface area contributed by atoms with Crippen molar-refractivity contribution in [1.29, 1.82) is 0 Å². The van der Waals surface area contributed by atoms with Gasteiger partial charge in [-0.25, -0.2) is 0 Å². The first kappa shape index (κ1) is 11.8. The first-order valence-corrected chi connectivity index (χ1v) is 6.16. The number of imide groups is 1. The molecule has 0 saturated heterocycles. The maximum absolute atomic E-state index is 11.4. The Morgan fingerprint density at radius 1 is 1.00 bits per heavy atom. The van der Waals surface area contributed by atoms with Gasteiger partial charge < -0.3 is 9.47 Å². The van der Waals surface area contributed by atoms with Gasteiger partial charge in [0.15, 0.2) is 11.5 Å². The monoisotopic (exact) mass is 259 g/mol. The molecule has 2 amide bonds. The predicted molar refractivity (Wildman–Crippen MR) is 67.0 cm³/mol. The van der Waals surface area contributed by atoms with Crippen molar-refractivity contribution in [2.75, 3.05) is 19.8 Å². The number of hydrogen-bond acceptors (Lipinski definition) is 4. The van der Waals surface area contributed by atoms with Gasteiger partial charge in [0.2, 0.25) is 0 Å². The lowest BCUT2D eigenvalue weighted by Gasteiger charge is -2.19. The minimum Gasteiger partial charge on any atom is -0.486 e. The predicted octanol–water partition coefficient (Wildman–Crippen LogP) is 0.925. The molecule has 2 aliphatic rings. The summed E-state index contributed by atoms with van der Waals surface area (Å²) in [6.45, 7) is 1.49. The first-order valence-electron chi connectivity index (χ1n) is 6.16. The molecule has 0 saturated carbocycles. The van der Waals surface area contributed by atoms with Crippen LogP contribution in [0, 0.1) is 0 Å². The summed E-state index contributed by atoms with van der Waals surface area (Å²) in [4.78, 5) is 24.1.